The molecule has 0 fully saturated rings. The Morgan fingerprint density at radius 2 is 1.83 bits per heavy atom. The molecule has 0 aliphatic heterocycles. The van der Waals surface area contributed by atoms with E-state index in [0.29, 0.717) is 0 Å². The minimum Gasteiger partial charge on any atom is -0.344 e. The van der Waals surface area contributed by atoms with Crippen LogP contribution in [-0.4, -0.2) is 18.3 Å². The van der Waals surface area contributed by atoms with Crippen molar-refractivity contribution in [2.75, 3.05) is 0 Å². The number of nitrogens with one attached hydrogen (secondary N) is 1. The van der Waals surface area contributed by atoms with Crippen molar-refractivity contribution in [2.45, 2.75) is 25.3 Å². The summed E-state index contributed by atoms with van der Waals surface area (Å²) >= 11 is 0. The van der Waals surface area contributed by atoms with Crippen LogP contribution >= 0.6 is 0 Å². The summed E-state index contributed by atoms with van der Waals surface area (Å²) in [5.74, 6) is -7.64. The van der Waals surface area contributed by atoms with Crippen molar-refractivity contribution in [2.24, 2.45) is 0 Å². The smallest absolute Gasteiger partial charge is 0.344 e. The summed E-state index contributed by atoms with van der Waals surface area (Å²) in [6.07, 6.45) is -4.11. The molecule has 1 aromatic carbocycles. The topological polar surface area (TPSA) is 29.1 Å². The molecule has 100 valence electrons. The Morgan fingerprint density at radius 1 is 1.28 bits per heavy atom. The lowest BCUT2D eigenvalue weighted by atomic mass is 10.1. The number of carbonyl (C=O) groups excluding carboxylic acids is 1. The van der Waals surface area contributed by atoms with E-state index >= 15 is 0 Å². The van der Waals surface area contributed by atoms with E-state index < -0.39 is 30.1 Å². The predicted molar refractivity (Wildman–Crippen MR) is 53.9 cm³/mol. The fourth-order valence-corrected chi connectivity index (χ4v) is 1.30. The molecule has 0 aromatic heterocycles. The fraction of sp³-hybridized carbons (Fsp3) is 0.364. The molecule has 0 bridgehead atoms. The maximum absolute atomic E-state index is 13.3. The van der Waals surface area contributed by atoms with Crippen LogP contribution in [0, 0.1) is 5.82 Å². The van der Waals surface area contributed by atoms with Crippen LogP contribution in [0.3, 0.4) is 0 Å². The largest absolute Gasteiger partial charge is 0.383 e. The van der Waals surface area contributed by atoms with Crippen molar-refractivity contribution in [3.05, 3.63) is 35.6 Å². The molecule has 1 atom stereocenters. The molecule has 0 heterocycles. The van der Waals surface area contributed by atoms with Gasteiger partial charge in [-0.1, -0.05) is 18.2 Å². The molecule has 0 aliphatic rings. The number of hydrogen-bond donors (Lipinski definition) is 1. The number of amides is 1. The Kier molecular flexibility index (Phi) is 4.26. The van der Waals surface area contributed by atoms with Gasteiger partial charge in [0, 0.05) is 5.56 Å². The Labute approximate surface area is 99.8 Å². The van der Waals surface area contributed by atoms with Crippen LogP contribution in [0.2, 0.25) is 0 Å². The number of hydrogen-bond acceptors (Lipinski definition) is 1. The molecule has 18 heavy (non-hydrogen) atoms. The van der Waals surface area contributed by atoms with Gasteiger partial charge in [0.2, 0.25) is 0 Å². The second-order valence-electron chi connectivity index (χ2n) is 3.64. The first kappa shape index (κ1) is 14.4. The van der Waals surface area contributed by atoms with Crippen molar-refractivity contribution in [3.8, 4) is 0 Å². The zero-order chi connectivity index (χ0) is 13.9. The van der Waals surface area contributed by atoms with Gasteiger partial charge in [-0.15, -0.1) is 0 Å². The first-order chi connectivity index (χ1) is 8.26. The van der Waals surface area contributed by atoms with Crippen molar-refractivity contribution in [3.63, 3.8) is 0 Å². The second kappa shape index (κ2) is 5.32. The van der Waals surface area contributed by atoms with Gasteiger partial charge >= 0.3 is 12.3 Å². The summed E-state index contributed by atoms with van der Waals surface area (Å²) in [5.41, 5.74) is -0.0593. The Balaban J connectivity index is 2.81. The molecule has 0 saturated carbocycles. The Bertz CT molecular complexity index is 435. The summed E-state index contributed by atoms with van der Waals surface area (Å²) in [6, 6.07) is 4.01. The highest BCUT2D eigenvalue weighted by Gasteiger charge is 2.49. The number of carbonyl (C=O) groups is 1. The summed E-state index contributed by atoms with van der Waals surface area (Å²) < 4.78 is 62.4. The lowest BCUT2D eigenvalue weighted by Gasteiger charge is -2.19. The molecule has 0 unspecified atom stereocenters. The molecule has 0 saturated heterocycles. The third kappa shape index (κ3) is 2.96. The van der Waals surface area contributed by atoms with Crippen LogP contribution in [0.15, 0.2) is 24.3 Å². The van der Waals surface area contributed by atoms with Gasteiger partial charge in [0.25, 0.3) is 5.91 Å². The van der Waals surface area contributed by atoms with E-state index in [1.807, 2.05) is 0 Å². The van der Waals surface area contributed by atoms with Gasteiger partial charge in [-0.2, -0.15) is 8.78 Å². The minimum absolute atomic E-state index is 0.0593. The van der Waals surface area contributed by atoms with Crippen molar-refractivity contribution in [1.82, 2.24) is 5.32 Å². The van der Waals surface area contributed by atoms with Crippen LogP contribution in [0.1, 0.15) is 18.5 Å². The van der Waals surface area contributed by atoms with Gasteiger partial charge in [0.05, 0.1) is 6.04 Å². The standard InChI is InChI=1S/C11H10F5NO/c1-6(7-4-2-3-5-8(7)12)17-10(18)11(15,16)9(13)14/h2-6,9H,1H3,(H,17,18)/t6-/m1/s1. The average Bonchev–Trinajstić information content (AvgIpc) is 2.28. The second-order valence-corrected chi connectivity index (χ2v) is 3.64. The van der Waals surface area contributed by atoms with E-state index in [4.69, 9.17) is 0 Å². The molecule has 0 aliphatic carbocycles. The summed E-state index contributed by atoms with van der Waals surface area (Å²) in [7, 11) is 0. The van der Waals surface area contributed by atoms with Crippen LogP contribution < -0.4 is 5.32 Å². The summed E-state index contributed by atoms with van der Waals surface area (Å²) in [5, 5.41) is 1.65. The number of rotatable bonds is 4. The molecule has 1 rings (SSSR count). The van der Waals surface area contributed by atoms with E-state index in [1.54, 1.807) is 5.32 Å². The van der Waals surface area contributed by atoms with E-state index in [0.717, 1.165) is 6.07 Å². The SMILES string of the molecule is C[C@@H](NC(=O)C(F)(F)C(F)F)c1ccccc1F. The number of benzene rings is 1. The first-order valence-corrected chi connectivity index (χ1v) is 4.98. The molecule has 0 radical (unpaired) electrons. The number of alkyl halides is 4. The third-order valence-corrected chi connectivity index (χ3v) is 2.30. The van der Waals surface area contributed by atoms with Crippen LogP contribution in [0.5, 0.6) is 0 Å². The van der Waals surface area contributed by atoms with Crippen LogP contribution in [0.4, 0.5) is 22.0 Å². The van der Waals surface area contributed by atoms with E-state index in [2.05, 4.69) is 0 Å². The lowest BCUT2D eigenvalue weighted by Crippen LogP contribution is -2.46. The average molecular weight is 267 g/mol. The summed E-state index contributed by atoms with van der Waals surface area (Å²) in [4.78, 5) is 10.9. The molecule has 2 nitrogen and oxygen atoms in total. The molecule has 0 spiro atoms. The maximum atomic E-state index is 13.3. The molecular formula is C11H10F5NO. The van der Waals surface area contributed by atoms with Crippen molar-refractivity contribution in [1.29, 1.82) is 0 Å². The highest BCUT2D eigenvalue weighted by molar-refractivity contribution is 5.84. The lowest BCUT2D eigenvalue weighted by molar-refractivity contribution is -0.170. The normalized spacial score (nSPS) is 13.5. The molecule has 1 N–H and O–H groups in total. The van der Waals surface area contributed by atoms with E-state index in [9.17, 15) is 26.7 Å². The Morgan fingerprint density at radius 3 is 2.33 bits per heavy atom. The van der Waals surface area contributed by atoms with Crippen molar-refractivity contribution < 1.29 is 26.7 Å². The van der Waals surface area contributed by atoms with Gasteiger partial charge in [0.15, 0.2) is 0 Å². The zero-order valence-electron chi connectivity index (χ0n) is 9.26. The molecule has 1 aromatic rings. The molecular weight excluding hydrogens is 257 g/mol. The van der Waals surface area contributed by atoms with E-state index in [1.165, 1.54) is 25.1 Å². The van der Waals surface area contributed by atoms with Crippen LogP contribution in [-0.2, 0) is 4.79 Å². The predicted octanol–water partition coefficient (Wildman–Crippen LogP) is 2.90. The van der Waals surface area contributed by atoms with E-state index in [-0.39, 0.29) is 5.56 Å². The first-order valence-electron chi connectivity index (χ1n) is 4.98. The zero-order valence-corrected chi connectivity index (χ0v) is 9.26. The summed E-state index contributed by atoms with van der Waals surface area (Å²) in [6.45, 7) is 1.22. The van der Waals surface area contributed by atoms with Gasteiger partial charge in [-0.05, 0) is 13.0 Å². The van der Waals surface area contributed by atoms with Crippen LogP contribution in [0.25, 0.3) is 0 Å². The van der Waals surface area contributed by atoms with Gasteiger partial charge < -0.3 is 5.32 Å². The minimum atomic E-state index is -4.79. The quantitative estimate of drug-likeness (QED) is 0.835. The Hall–Kier alpha value is -1.66. The van der Waals surface area contributed by atoms with Crippen molar-refractivity contribution >= 4 is 5.91 Å². The fourth-order valence-electron chi connectivity index (χ4n) is 1.30. The molecule has 1 amide bonds. The highest BCUT2D eigenvalue weighted by atomic mass is 19.3. The number of halogens is 5. The third-order valence-electron chi connectivity index (χ3n) is 2.30. The molecule has 7 heteroatoms. The van der Waals surface area contributed by atoms with Gasteiger partial charge in [0.1, 0.15) is 5.82 Å². The van der Waals surface area contributed by atoms with Gasteiger partial charge in [-0.3, -0.25) is 4.79 Å². The maximum Gasteiger partial charge on any atom is 0.383 e. The monoisotopic (exact) mass is 267 g/mol. The van der Waals surface area contributed by atoms with Gasteiger partial charge in [-0.25, -0.2) is 13.2 Å². The highest BCUT2D eigenvalue weighted by Crippen LogP contribution is 2.25.